The van der Waals surface area contributed by atoms with Crippen molar-refractivity contribution in [1.82, 2.24) is 0 Å². The van der Waals surface area contributed by atoms with E-state index in [1.54, 1.807) is 26.0 Å². The predicted octanol–water partition coefficient (Wildman–Crippen LogP) is 3.99. The molecule has 2 N–H and O–H groups in total. The van der Waals surface area contributed by atoms with Crippen LogP contribution in [0.25, 0.3) is 0 Å². The quantitative estimate of drug-likeness (QED) is 0.814. The lowest BCUT2D eigenvalue weighted by Crippen LogP contribution is -2.26. The topological polar surface area (TPSA) is 69.9 Å². The first-order valence-corrected chi connectivity index (χ1v) is 7.63. The molecule has 2 aromatic rings. The number of phenolic OH excluding ortho intramolecular Hbond substituents is 1. The Morgan fingerprint density at radius 2 is 1.78 bits per heavy atom. The van der Waals surface area contributed by atoms with Gasteiger partial charge in [0.1, 0.15) is 11.8 Å². The van der Waals surface area contributed by atoms with Crippen LogP contribution < -0.4 is 0 Å². The van der Waals surface area contributed by atoms with Crippen LogP contribution in [0.5, 0.6) is 5.75 Å². The molecule has 1 atom stereocenters. The van der Waals surface area contributed by atoms with Gasteiger partial charge in [0.05, 0.1) is 5.71 Å². The summed E-state index contributed by atoms with van der Waals surface area (Å²) in [7, 11) is 0. The second kappa shape index (κ2) is 7.29. The summed E-state index contributed by atoms with van der Waals surface area (Å²) in [6.45, 7) is 3.59. The highest BCUT2D eigenvalue weighted by molar-refractivity contribution is 6.31. The third kappa shape index (κ3) is 4.11. The number of hydrogen-bond acceptors (Lipinski definition) is 3. The molecular formula is C18H18ClNO3. The molecule has 0 unspecified atom stereocenters. The van der Waals surface area contributed by atoms with Gasteiger partial charge in [-0.3, -0.25) is 4.99 Å². The van der Waals surface area contributed by atoms with Gasteiger partial charge in [-0.25, -0.2) is 4.79 Å². The van der Waals surface area contributed by atoms with Crippen LogP contribution in [0.2, 0.25) is 5.02 Å². The number of carboxylic acids is 1. The Morgan fingerprint density at radius 1 is 1.13 bits per heavy atom. The highest BCUT2D eigenvalue weighted by Crippen LogP contribution is 2.26. The molecule has 0 saturated heterocycles. The molecule has 0 aliphatic heterocycles. The normalized spacial score (nSPS) is 13.1. The van der Waals surface area contributed by atoms with Crippen LogP contribution in [-0.2, 0) is 4.79 Å². The molecule has 0 amide bonds. The van der Waals surface area contributed by atoms with E-state index >= 15 is 0 Å². The smallest absolute Gasteiger partial charge is 0.328 e. The van der Waals surface area contributed by atoms with Gasteiger partial charge in [-0.15, -0.1) is 0 Å². The van der Waals surface area contributed by atoms with Crippen molar-refractivity contribution >= 4 is 23.3 Å². The molecule has 0 radical (unpaired) electrons. The molecule has 2 aromatic carbocycles. The fourth-order valence-electron chi connectivity index (χ4n) is 2.22. The highest BCUT2D eigenvalue weighted by atomic mass is 35.5. The zero-order valence-electron chi connectivity index (χ0n) is 12.9. The van der Waals surface area contributed by atoms with E-state index in [4.69, 9.17) is 11.6 Å². The number of aliphatic imine (C=N–C) groups is 1. The van der Waals surface area contributed by atoms with E-state index in [0.717, 1.165) is 5.56 Å². The van der Waals surface area contributed by atoms with E-state index < -0.39 is 12.0 Å². The van der Waals surface area contributed by atoms with Gasteiger partial charge in [0.15, 0.2) is 0 Å². The molecule has 23 heavy (non-hydrogen) atoms. The first kappa shape index (κ1) is 17.0. The van der Waals surface area contributed by atoms with E-state index in [1.807, 2.05) is 30.3 Å². The van der Waals surface area contributed by atoms with E-state index in [9.17, 15) is 15.0 Å². The van der Waals surface area contributed by atoms with Crippen LogP contribution in [0.15, 0.2) is 53.5 Å². The van der Waals surface area contributed by atoms with Crippen molar-refractivity contribution in [3.05, 3.63) is 64.7 Å². The summed E-state index contributed by atoms with van der Waals surface area (Å²) in [5.74, 6) is -1.19. The molecule has 0 aliphatic carbocycles. The molecular weight excluding hydrogens is 314 g/mol. The van der Waals surface area contributed by atoms with Crippen LogP contribution in [-0.4, -0.2) is 27.9 Å². The maximum atomic E-state index is 11.5. The number of carbonyl (C=O) groups is 1. The van der Waals surface area contributed by atoms with Gasteiger partial charge in [0.2, 0.25) is 0 Å². The SMILES string of the molecule is CC(C)[C@H](N=C(c1ccccc1)c1cc(Cl)ccc1O)C(=O)O. The number of phenols is 1. The van der Waals surface area contributed by atoms with Gasteiger partial charge in [-0.2, -0.15) is 0 Å². The number of nitrogens with zero attached hydrogens (tertiary/aromatic N) is 1. The number of aliphatic carboxylic acids is 1. The number of carboxylic acid groups (broad SMARTS) is 1. The van der Waals surface area contributed by atoms with Gasteiger partial charge in [-0.05, 0) is 24.1 Å². The summed E-state index contributed by atoms with van der Waals surface area (Å²) < 4.78 is 0. The van der Waals surface area contributed by atoms with Gasteiger partial charge < -0.3 is 10.2 Å². The van der Waals surface area contributed by atoms with Crippen molar-refractivity contribution in [2.45, 2.75) is 19.9 Å². The Bertz CT molecular complexity index is 726. The molecule has 0 heterocycles. The molecule has 2 rings (SSSR count). The van der Waals surface area contributed by atoms with E-state index in [1.165, 1.54) is 6.07 Å². The molecule has 0 fully saturated rings. The molecule has 0 aliphatic rings. The van der Waals surface area contributed by atoms with Crippen molar-refractivity contribution in [2.24, 2.45) is 10.9 Å². The van der Waals surface area contributed by atoms with Crippen LogP contribution in [0, 0.1) is 5.92 Å². The Kier molecular flexibility index (Phi) is 5.40. The van der Waals surface area contributed by atoms with E-state index in [-0.39, 0.29) is 11.7 Å². The highest BCUT2D eigenvalue weighted by Gasteiger charge is 2.23. The third-order valence-electron chi connectivity index (χ3n) is 3.41. The largest absolute Gasteiger partial charge is 0.507 e. The van der Waals surface area contributed by atoms with Gasteiger partial charge in [-0.1, -0.05) is 55.8 Å². The predicted molar refractivity (Wildman–Crippen MR) is 91.5 cm³/mol. The summed E-state index contributed by atoms with van der Waals surface area (Å²) in [4.78, 5) is 15.9. The van der Waals surface area contributed by atoms with Crippen LogP contribution in [0.1, 0.15) is 25.0 Å². The van der Waals surface area contributed by atoms with Crippen molar-refractivity contribution in [2.75, 3.05) is 0 Å². The summed E-state index contributed by atoms with van der Waals surface area (Å²) in [5, 5.41) is 20.0. The first-order valence-electron chi connectivity index (χ1n) is 7.25. The molecule has 0 spiro atoms. The molecule has 0 saturated carbocycles. The van der Waals surface area contributed by atoms with Crippen molar-refractivity contribution in [1.29, 1.82) is 0 Å². The fourth-order valence-corrected chi connectivity index (χ4v) is 2.39. The first-order chi connectivity index (χ1) is 10.9. The second-order valence-corrected chi connectivity index (χ2v) is 5.97. The zero-order chi connectivity index (χ0) is 17.0. The van der Waals surface area contributed by atoms with Gasteiger partial charge in [0, 0.05) is 16.1 Å². The molecule has 120 valence electrons. The number of benzene rings is 2. The minimum absolute atomic E-state index is 0.00454. The lowest BCUT2D eigenvalue weighted by molar-refractivity contribution is -0.139. The summed E-state index contributed by atoms with van der Waals surface area (Å²) in [5.41, 5.74) is 1.54. The standard InChI is InChI=1S/C18H18ClNO3/c1-11(2)16(18(22)23)20-17(12-6-4-3-5-7-12)14-10-13(19)8-9-15(14)21/h3-11,16,21H,1-2H3,(H,22,23)/t16-/m0/s1. The second-order valence-electron chi connectivity index (χ2n) is 5.53. The maximum absolute atomic E-state index is 11.5. The van der Waals surface area contributed by atoms with Crippen molar-refractivity contribution in [3.63, 3.8) is 0 Å². The average molecular weight is 332 g/mol. The molecule has 5 heteroatoms. The van der Waals surface area contributed by atoms with Crippen LogP contribution >= 0.6 is 11.6 Å². The number of hydrogen-bond donors (Lipinski definition) is 2. The minimum Gasteiger partial charge on any atom is -0.507 e. The third-order valence-corrected chi connectivity index (χ3v) is 3.65. The lowest BCUT2D eigenvalue weighted by atomic mass is 9.99. The Morgan fingerprint density at radius 3 is 2.35 bits per heavy atom. The molecule has 4 nitrogen and oxygen atoms in total. The minimum atomic E-state index is -1.00. The monoisotopic (exact) mass is 331 g/mol. The summed E-state index contributed by atoms with van der Waals surface area (Å²) >= 11 is 6.03. The van der Waals surface area contributed by atoms with Gasteiger partial charge in [0.25, 0.3) is 0 Å². The van der Waals surface area contributed by atoms with Crippen molar-refractivity contribution in [3.8, 4) is 5.75 Å². The fraction of sp³-hybridized carbons (Fsp3) is 0.222. The van der Waals surface area contributed by atoms with Crippen LogP contribution in [0.3, 0.4) is 0 Å². The van der Waals surface area contributed by atoms with Crippen molar-refractivity contribution < 1.29 is 15.0 Å². The van der Waals surface area contributed by atoms with Crippen LogP contribution in [0.4, 0.5) is 0 Å². The molecule has 0 bridgehead atoms. The number of halogens is 1. The Hall–Kier alpha value is -2.33. The van der Waals surface area contributed by atoms with E-state index in [2.05, 4.69) is 4.99 Å². The van der Waals surface area contributed by atoms with E-state index in [0.29, 0.717) is 16.3 Å². The lowest BCUT2D eigenvalue weighted by Gasteiger charge is -2.16. The number of rotatable bonds is 5. The Labute approximate surface area is 140 Å². The molecule has 0 aromatic heterocycles. The number of aromatic hydroxyl groups is 1. The summed E-state index contributed by atoms with van der Waals surface area (Å²) in [6, 6.07) is 12.9. The summed E-state index contributed by atoms with van der Waals surface area (Å²) in [6.07, 6.45) is 0. The Balaban J connectivity index is 2.66. The van der Waals surface area contributed by atoms with Gasteiger partial charge >= 0.3 is 5.97 Å². The zero-order valence-corrected chi connectivity index (χ0v) is 13.7. The maximum Gasteiger partial charge on any atom is 0.328 e. The average Bonchev–Trinajstić information content (AvgIpc) is 2.51.